The van der Waals surface area contributed by atoms with E-state index >= 15 is 0 Å². The standard InChI is InChI=1S/C11H15N5O/c1-11(2-3-11)10-15-9(17-16-10)8(12)4-7-5-13-6-14-7/h5-6,8H,2-4,12H2,1H3,(H,13,14)/t8-/m1/s1. The molecule has 17 heavy (non-hydrogen) atoms. The third-order valence-electron chi connectivity index (χ3n) is 3.29. The molecule has 1 fully saturated rings. The van der Waals surface area contributed by atoms with Crippen LogP contribution in [0.5, 0.6) is 0 Å². The largest absolute Gasteiger partial charge is 0.348 e. The lowest BCUT2D eigenvalue weighted by atomic mass is 10.1. The van der Waals surface area contributed by atoms with Crippen molar-refractivity contribution in [2.45, 2.75) is 37.6 Å². The Morgan fingerprint density at radius 3 is 3.06 bits per heavy atom. The predicted octanol–water partition coefficient (Wildman–Crippen LogP) is 1.09. The van der Waals surface area contributed by atoms with Gasteiger partial charge in [0.1, 0.15) is 0 Å². The van der Waals surface area contributed by atoms with Crippen LogP contribution in [0.4, 0.5) is 0 Å². The van der Waals surface area contributed by atoms with Gasteiger partial charge in [-0.15, -0.1) is 0 Å². The molecular formula is C11H15N5O. The van der Waals surface area contributed by atoms with Gasteiger partial charge in [-0.05, 0) is 12.8 Å². The summed E-state index contributed by atoms with van der Waals surface area (Å²) in [5, 5.41) is 4.01. The van der Waals surface area contributed by atoms with Gasteiger partial charge >= 0.3 is 0 Å². The first kappa shape index (κ1) is 10.5. The van der Waals surface area contributed by atoms with Crippen LogP contribution >= 0.6 is 0 Å². The molecular weight excluding hydrogens is 218 g/mol. The van der Waals surface area contributed by atoms with Crippen molar-refractivity contribution in [3.05, 3.63) is 29.9 Å². The van der Waals surface area contributed by atoms with Crippen molar-refractivity contribution in [2.24, 2.45) is 5.73 Å². The Morgan fingerprint density at radius 2 is 2.41 bits per heavy atom. The molecule has 3 N–H and O–H groups in total. The molecule has 1 aliphatic rings. The molecule has 90 valence electrons. The van der Waals surface area contributed by atoms with Crippen LogP contribution in [0.25, 0.3) is 0 Å². The number of hydrogen-bond acceptors (Lipinski definition) is 5. The fourth-order valence-electron chi connectivity index (χ4n) is 1.76. The smallest absolute Gasteiger partial charge is 0.243 e. The van der Waals surface area contributed by atoms with Crippen LogP contribution in [-0.4, -0.2) is 20.1 Å². The highest BCUT2D eigenvalue weighted by molar-refractivity contribution is 5.15. The molecule has 0 amide bonds. The first-order chi connectivity index (χ1) is 8.17. The van der Waals surface area contributed by atoms with Gasteiger partial charge in [0.05, 0.1) is 12.4 Å². The molecule has 1 saturated carbocycles. The van der Waals surface area contributed by atoms with Crippen molar-refractivity contribution in [3.63, 3.8) is 0 Å². The summed E-state index contributed by atoms with van der Waals surface area (Å²) in [6.45, 7) is 2.14. The van der Waals surface area contributed by atoms with Crippen molar-refractivity contribution in [3.8, 4) is 0 Å². The fraction of sp³-hybridized carbons (Fsp3) is 0.545. The van der Waals surface area contributed by atoms with Crippen LogP contribution in [0.2, 0.25) is 0 Å². The topological polar surface area (TPSA) is 93.6 Å². The van der Waals surface area contributed by atoms with Crippen LogP contribution in [0.3, 0.4) is 0 Å². The van der Waals surface area contributed by atoms with E-state index < -0.39 is 0 Å². The van der Waals surface area contributed by atoms with Crippen LogP contribution < -0.4 is 5.73 Å². The van der Waals surface area contributed by atoms with E-state index in [1.807, 2.05) is 0 Å². The Hall–Kier alpha value is -1.69. The van der Waals surface area contributed by atoms with E-state index in [0.717, 1.165) is 24.4 Å². The third-order valence-corrected chi connectivity index (χ3v) is 3.29. The number of rotatable bonds is 4. The Kier molecular flexibility index (Phi) is 2.25. The summed E-state index contributed by atoms with van der Waals surface area (Å²) in [4.78, 5) is 11.3. The third kappa shape index (κ3) is 1.95. The van der Waals surface area contributed by atoms with Crippen molar-refractivity contribution < 1.29 is 4.52 Å². The second kappa shape index (κ2) is 3.66. The van der Waals surface area contributed by atoms with Crippen molar-refractivity contribution in [1.82, 2.24) is 20.1 Å². The lowest BCUT2D eigenvalue weighted by molar-refractivity contribution is 0.347. The quantitative estimate of drug-likeness (QED) is 0.824. The van der Waals surface area contributed by atoms with Crippen LogP contribution in [0.1, 0.15) is 43.2 Å². The van der Waals surface area contributed by atoms with Crippen molar-refractivity contribution >= 4 is 0 Å². The van der Waals surface area contributed by atoms with Gasteiger partial charge in [0.2, 0.25) is 5.89 Å². The molecule has 1 atom stereocenters. The molecule has 0 bridgehead atoms. The molecule has 1 aliphatic carbocycles. The Morgan fingerprint density at radius 1 is 1.59 bits per heavy atom. The number of aromatic nitrogens is 4. The number of nitrogens with zero attached hydrogens (tertiary/aromatic N) is 3. The van der Waals surface area contributed by atoms with E-state index in [2.05, 4.69) is 27.0 Å². The van der Waals surface area contributed by atoms with Gasteiger partial charge in [0.25, 0.3) is 0 Å². The SMILES string of the molecule is CC1(c2noc([C@H](N)Cc3cnc[nH]3)n2)CC1. The maximum Gasteiger partial charge on any atom is 0.243 e. The monoisotopic (exact) mass is 233 g/mol. The van der Waals surface area contributed by atoms with Crippen LogP contribution in [0, 0.1) is 0 Å². The Balaban J connectivity index is 1.73. The van der Waals surface area contributed by atoms with Gasteiger partial charge in [-0.2, -0.15) is 4.98 Å². The average Bonchev–Trinajstić information content (AvgIpc) is 2.78. The molecule has 6 heteroatoms. The van der Waals surface area contributed by atoms with E-state index in [1.165, 1.54) is 0 Å². The van der Waals surface area contributed by atoms with Gasteiger partial charge in [-0.3, -0.25) is 0 Å². The predicted molar refractivity (Wildman–Crippen MR) is 60.1 cm³/mol. The summed E-state index contributed by atoms with van der Waals surface area (Å²) in [5.41, 5.74) is 7.11. The average molecular weight is 233 g/mol. The van der Waals surface area contributed by atoms with E-state index in [4.69, 9.17) is 10.3 Å². The lowest BCUT2D eigenvalue weighted by Crippen LogP contribution is -2.14. The minimum absolute atomic E-state index is 0.120. The van der Waals surface area contributed by atoms with Gasteiger partial charge < -0.3 is 15.2 Å². The summed E-state index contributed by atoms with van der Waals surface area (Å²) in [7, 11) is 0. The van der Waals surface area contributed by atoms with E-state index in [-0.39, 0.29) is 11.5 Å². The highest BCUT2D eigenvalue weighted by atomic mass is 16.5. The maximum atomic E-state index is 6.02. The second-order valence-corrected chi connectivity index (χ2v) is 4.90. The molecule has 6 nitrogen and oxygen atoms in total. The molecule has 0 saturated heterocycles. The summed E-state index contributed by atoms with van der Waals surface area (Å²) in [5.74, 6) is 1.29. The molecule has 0 radical (unpaired) electrons. The van der Waals surface area contributed by atoms with Crippen LogP contribution in [-0.2, 0) is 11.8 Å². The summed E-state index contributed by atoms with van der Waals surface area (Å²) >= 11 is 0. The van der Waals surface area contributed by atoms with Gasteiger partial charge in [0, 0.05) is 23.7 Å². The lowest BCUT2D eigenvalue weighted by Gasteiger charge is -2.03. The summed E-state index contributed by atoms with van der Waals surface area (Å²) < 4.78 is 5.22. The molecule has 0 aliphatic heterocycles. The highest BCUT2D eigenvalue weighted by Crippen LogP contribution is 2.46. The zero-order chi connectivity index (χ0) is 11.9. The number of hydrogen-bond donors (Lipinski definition) is 2. The molecule has 0 aromatic carbocycles. The normalized spacial score (nSPS) is 19.2. The zero-order valence-electron chi connectivity index (χ0n) is 9.68. The molecule has 0 spiro atoms. The number of nitrogens with two attached hydrogens (primary N) is 1. The van der Waals surface area contributed by atoms with Crippen LogP contribution in [0.15, 0.2) is 17.0 Å². The van der Waals surface area contributed by atoms with Crippen molar-refractivity contribution in [2.75, 3.05) is 0 Å². The number of imidazole rings is 1. The molecule has 2 aromatic rings. The molecule has 2 heterocycles. The molecule has 3 rings (SSSR count). The number of nitrogens with one attached hydrogen (secondary N) is 1. The van der Waals surface area contributed by atoms with Crippen molar-refractivity contribution in [1.29, 1.82) is 0 Å². The fourth-order valence-corrected chi connectivity index (χ4v) is 1.76. The Labute approximate surface area is 98.6 Å². The Bertz CT molecular complexity index is 500. The highest BCUT2D eigenvalue weighted by Gasteiger charge is 2.43. The van der Waals surface area contributed by atoms with E-state index in [9.17, 15) is 0 Å². The minimum atomic E-state index is -0.279. The number of H-pyrrole nitrogens is 1. The zero-order valence-corrected chi connectivity index (χ0v) is 9.68. The van der Waals surface area contributed by atoms with Gasteiger partial charge in [-0.25, -0.2) is 4.98 Å². The van der Waals surface area contributed by atoms with Gasteiger partial charge in [-0.1, -0.05) is 12.1 Å². The summed E-state index contributed by atoms with van der Waals surface area (Å²) in [6.07, 6.45) is 6.26. The minimum Gasteiger partial charge on any atom is -0.348 e. The second-order valence-electron chi connectivity index (χ2n) is 4.90. The molecule has 2 aromatic heterocycles. The summed E-state index contributed by atoms with van der Waals surface area (Å²) in [6, 6.07) is -0.279. The maximum absolute atomic E-state index is 6.02. The van der Waals surface area contributed by atoms with E-state index in [1.54, 1.807) is 12.5 Å². The molecule has 0 unspecified atom stereocenters. The van der Waals surface area contributed by atoms with E-state index in [0.29, 0.717) is 12.3 Å². The number of aromatic amines is 1. The first-order valence-electron chi connectivity index (χ1n) is 5.74. The first-order valence-corrected chi connectivity index (χ1v) is 5.74. The van der Waals surface area contributed by atoms with Gasteiger partial charge in [0.15, 0.2) is 5.82 Å².